The number of aryl methyl sites for hydroxylation is 1. The maximum Gasteiger partial charge on any atom is 0.417 e. The van der Waals surface area contributed by atoms with E-state index in [1.54, 1.807) is 18.9 Å². The summed E-state index contributed by atoms with van der Waals surface area (Å²) in [5.41, 5.74) is -2.67. The zero-order valence-corrected chi connectivity index (χ0v) is 22.6. The van der Waals surface area contributed by atoms with Gasteiger partial charge in [-0.2, -0.15) is 17.6 Å². The number of hydrogen-bond acceptors (Lipinski definition) is 5. The van der Waals surface area contributed by atoms with E-state index in [1.807, 2.05) is 11.9 Å². The molecular formula is C27H33F6N3O3. The Morgan fingerprint density at radius 2 is 1.92 bits per heavy atom. The molecule has 0 amide bonds. The molecule has 39 heavy (non-hydrogen) atoms. The summed E-state index contributed by atoms with van der Waals surface area (Å²) >= 11 is 0. The zero-order chi connectivity index (χ0) is 29.0. The molecule has 3 heterocycles. The van der Waals surface area contributed by atoms with E-state index in [2.05, 4.69) is 4.98 Å². The van der Waals surface area contributed by atoms with Gasteiger partial charge >= 0.3 is 6.18 Å². The second kappa shape index (κ2) is 10.3. The summed E-state index contributed by atoms with van der Waals surface area (Å²) in [7, 11) is 4.52. The molecule has 2 aliphatic heterocycles. The Balaban J connectivity index is 1.81. The lowest BCUT2D eigenvalue weighted by atomic mass is 9.76. The molecule has 12 heteroatoms. The van der Waals surface area contributed by atoms with Gasteiger partial charge in [-0.05, 0) is 33.4 Å². The summed E-state index contributed by atoms with van der Waals surface area (Å²) in [6, 6.07) is 2.58. The monoisotopic (exact) mass is 561 g/mol. The number of alkyl halides is 4. The number of anilines is 1. The van der Waals surface area contributed by atoms with E-state index >= 15 is 0 Å². The first-order valence-corrected chi connectivity index (χ1v) is 12.7. The standard InChI is InChI=1S/C27H33F6N3O3/c1-13-21(15-7-8-16(28)22(30)24(15)38-6)25(39-26(13,3)27(31,32)33)18-11-20(37)23(14(2)34-18)36(5)19-9-10-35(4)12-17(19)29/h7-8,11,13,17,19,21,25H,9-10,12H2,1-6H3,(H,34,37)/t13-,17-,19-,21-,25-,26+/m0/s1. The third-order valence-corrected chi connectivity index (χ3v) is 8.39. The SMILES string of the molecule is COc1c([C@H]2[C@H](c3cc(=O)c(N(C)[C@H]4CCN(C)C[C@@H]4F)c(C)[nH]3)O[C@@](C)(C(F)(F)F)[C@H]2C)ccc(F)c1F. The van der Waals surface area contributed by atoms with Crippen molar-refractivity contribution in [1.29, 1.82) is 0 Å². The summed E-state index contributed by atoms with van der Waals surface area (Å²) in [5.74, 6) is -5.52. The summed E-state index contributed by atoms with van der Waals surface area (Å²) < 4.78 is 97.1. The third kappa shape index (κ3) is 4.90. The van der Waals surface area contributed by atoms with Crippen LogP contribution >= 0.6 is 0 Å². The topological polar surface area (TPSA) is 57.8 Å². The molecule has 0 aliphatic carbocycles. The van der Waals surface area contributed by atoms with Crippen molar-refractivity contribution in [3.8, 4) is 5.75 Å². The number of likely N-dealkylation sites (tertiary alicyclic amines) is 1. The molecule has 1 aromatic heterocycles. The van der Waals surface area contributed by atoms with E-state index in [1.165, 1.54) is 13.0 Å². The van der Waals surface area contributed by atoms with Gasteiger partial charge in [0.05, 0.1) is 13.2 Å². The highest BCUT2D eigenvalue weighted by molar-refractivity contribution is 5.52. The number of hydrogen-bond donors (Lipinski definition) is 1. The second-order valence-corrected chi connectivity index (χ2v) is 10.7. The molecule has 2 fully saturated rings. The molecule has 2 aromatic rings. The fraction of sp³-hybridized carbons (Fsp3) is 0.593. The van der Waals surface area contributed by atoms with Gasteiger partial charge in [-0.1, -0.05) is 13.0 Å². The van der Waals surface area contributed by atoms with Gasteiger partial charge in [0.25, 0.3) is 0 Å². The average Bonchev–Trinajstić information content (AvgIpc) is 3.12. The second-order valence-electron chi connectivity index (χ2n) is 10.7. The summed E-state index contributed by atoms with van der Waals surface area (Å²) in [6.45, 7) is 4.64. The molecule has 0 unspecified atom stereocenters. The minimum absolute atomic E-state index is 0.0202. The van der Waals surface area contributed by atoms with Gasteiger partial charge < -0.3 is 24.3 Å². The molecule has 216 valence electrons. The Bertz CT molecular complexity index is 1280. The molecule has 6 atom stereocenters. The molecule has 1 N–H and O–H groups in total. The number of piperidine rings is 1. The lowest BCUT2D eigenvalue weighted by Crippen LogP contribution is -2.51. The highest BCUT2D eigenvalue weighted by Crippen LogP contribution is 2.59. The van der Waals surface area contributed by atoms with Crippen molar-refractivity contribution < 1.29 is 35.8 Å². The lowest BCUT2D eigenvalue weighted by molar-refractivity contribution is -0.275. The summed E-state index contributed by atoms with van der Waals surface area (Å²) in [5, 5.41) is 0. The maximum atomic E-state index is 14.8. The normalized spacial score (nSPS) is 30.0. The maximum absolute atomic E-state index is 14.8. The van der Waals surface area contributed by atoms with Crippen LogP contribution in [0.15, 0.2) is 23.0 Å². The van der Waals surface area contributed by atoms with Gasteiger partial charge in [-0.3, -0.25) is 4.79 Å². The number of nitrogens with zero attached hydrogens (tertiary/aromatic N) is 2. The van der Waals surface area contributed by atoms with Crippen LogP contribution in [0.4, 0.5) is 32.0 Å². The Morgan fingerprint density at radius 1 is 1.26 bits per heavy atom. The van der Waals surface area contributed by atoms with Crippen LogP contribution in [0.25, 0.3) is 0 Å². The van der Waals surface area contributed by atoms with Crippen molar-refractivity contribution in [3.05, 3.63) is 57.0 Å². The number of nitrogens with one attached hydrogen (secondary N) is 1. The van der Waals surface area contributed by atoms with E-state index < -0.39 is 64.7 Å². The minimum atomic E-state index is -4.81. The fourth-order valence-corrected chi connectivity index (χ4v) is 6.02. The van der Waals surface area contributed by atoms with Crippen molar-refractivity contribution in [2.24, 2.45) is 5.92 Å². The lowest BCUT2D eigenvalue weighted by Gasteiger charge is -2.39. The predicted molar refractivity (Wildman–Crippen MR) is 134 cm³/mol. The molecule has 2 aliphatic rings. The van der Waals surface area contributed by atoms with E-state index in [9.17, 15) is 31.1 Å². The molecule has 0 saturated carbocycles. The van der Waals surface area contributed by atoms with E-state index in [4.69, 9.17) is 9.47 Å². The third-order valence-electron chi connectivity index (χ3n) is 8.39. The predicted octanol–water partition coefficient (Wildman–Crippen LogP) is 5.26. The number of methoxy groups -OCH3 is 1. The zero-order valence-electron chi connectivity index (χ0n) is 22.6. The van der Waals surface area contributed by atoms with Crippen LogP contribution in [0.3, 0.4) is 0 Å². The van der Waals surface area contributed by atoms with E-state index in [0.29, 0.717) is 18.7 Å². The first-order valence-electron chi connectivity index (χ1n) is 12.7. The van der Waals surface area contributed by atoms with Crippen molar-refractivity contribution in [2.45, 2.75) is 63.2 Å². The van der Waals surface area contributed by atoms with E-state index in [-0.39, 0.29) is 23.5 Å². The van der Waals surface area contributed by atoms with Gasteiger partial charge in [0.15, 0.2) is 17.2 Å². The number of H-pyrrole nitrogens is 1. The summed E-state index contributed by atoms with van der Waals surface area (Å²) in [6.07, 6.45) is -6.91. The smallest absolute Gasteiger partial charge is 0.417 e. The fourth-order valence-electron chi connectivity index (χ4n) is 6.02. The Labute approximate surface area is 222 Å². The molecule has 6 nitrogen and oxygen atoms in total. The largest absolute Gasteiger partial charge is 0.493 e. The number of aromatic nitrogens is 1. The van der Waals surface area contributed by atoms with Gasteiger partial charge in [0.1, 0.15) is 18.0 Å². The molecule has 0 spiro atoms. The van der Waals surface area contributed by atoms with Crippen LogP contribution in [0.5, 0.6) is 5.75 Å². The van der Waals surface area contributed by atoms with Crippen LogP contribution in [0.1, 0.15) is 49.2 Å². The first kappa shape index (κ1) is 29.3. The van der Waals surface area contributed by atoms with Crippen LogP contribution < -0.4 is 15.1 Å². The van der Waals surface area contributed by atoms with Crippen LogP contribution in [-0.4, -0.2) is 68.2 Å². The number of rotatable bonds is 5. The Kier molecular flexibility index (Phi) is 7.76. The Hall–Kier alpha value is -2.73. The average molecular weight is 562 g/mol. The number of halogens is 6. The highest BCUT2D eigenvalue weighted by Gasteiger charge is 2.65. The quantitative estimate of drug-likeness (QED) is 0.505. The minimum Gasteiger partial charge on any atom is -0.493 e. The van der Waals surface area contributed by atoms with Gasteiger partial charge in [-0.15, -0.1) is 0 Å². The number of ether oxygens (including phenoxy) is 2. The number of benzene rings is 1. The summed E-state index contributed by atoms with van der Waals surface area (Å²) in [4.78, 5) is 19.8. The van der Waals surface area contributed by atoms with Gasteiger partial charge in [0, 0.05) is 55.0 Å². The highest BCUT2D eigenvalue weighted by atomic mass is 19.4. The number of aromatic amines is 1. The Morgan fingerprint density at radius 3 is 2.49 bits per heavy atom. The van der Waals surface area contributed by atoms with Gasteiger partial charge in [0.2, 0.25) is 11.2 Å². The van der Waals surface area contributed by atoms with Gasteiger partial charge in [-0.25, -0.2) is 8.78 Å². The van der Waals surface area contributed by atoms with Crippen molar-refractivity contribution in [2.75, 3.05) is 39.2 Å². The van der Waals surface area contributed by atoms with Crippen molar-refractivity contribution in [3.63, 3.8) is 0 Å². The van der Waals surface area contributed by atoms with Crippen LogP contribution in [0.2, 0.25) is 0 Å². The van der Waals surface area contributed by atoms with Crippen molar-refractivity contribution >= 4 is 5.69 Å². The molecule has 0 bridgehead atoms. The molecule has 2 saturated heterocycles. The molecule has 4 rings (SSSR count). The van der Waals surface area contributed by atoms with Crippen LogP contribution in [-0.2, 0) is 4.74 Å². The van der Waals surface area contributed by atoms with E-state index in [0.717, 1.165) is 26.2 Å². The van der Waals surface area contributed by atoms with Crippen LogP contribution in [0, 0.1) is 24.5 Å². The molecular weight excluding hydrogens is 528 g/mol. The molecule has 1 aromatic carbocycles. The van der Waals surface area contributed by atoms with Crippen molar-refractivity contribution in [1.82, 2.24) is 9.88 Å². The molecule has 0 radical (unpaired) electrons. The number of pyridine rings is 1. The first-order chi connectivity index (χ1) is 18.1.